The molecule has 5 heavy (non-hydrogen) atoms. The molecule has 0 bridgehead atoms. The molecule has 1 unspecified atom stereocenters. The molecule has 1 aliphatic heterocycles. The minimum Gasteiger partial charge on any atom is -0.355 e. The van der Waals surface area contributed by atoms with Crippen molar-refractivity contribution in [2.24, 2.45) is 4.99 Å². The Kier molecular flexibility index (Phi) is 0.451. The van der Waals surface area contributed by atoms with Crippen LogP contribution in [-0.2, 0) is 4.74 Å². The van der Waals surface area contributed by atoms with E-state index in [0.717, 1.165) is 0 Å². The van der Waals surface area contributed by atoms with Gasteiger partial charge in [0.1, 0.15) is 0 Å². The molecule has 0 saturated carbocycles. The van der Waals surface area contributed by atoms with Crippen molar-refractivity contribution in [3.05, 3.63) is 0 Å². The predicted octanol–water partition coefficient (Wildman–Crippen LogP) is 0.0433. The molecule has 0 amide bonds. The van der Waals surface area contributed by atoms with Gasteiger partial charge in [0, 0.05) is 7.11 Å². The molecule has 0 saturated heterocycles. The first-order valence-corrected chi connectivity index (χ1v) is 1.49. The highest BCUT2D eigenvalue weighted by atomic mass is 16.5. The average Bonchev–Trinajstić information content (AvgIpc) is 2.12. The fourth-order valence-electron chi connectivity index (χ4n) is 0.157. The van der Waals surface area contributed by atoms with Crippen LogP contribution in [0.3, 0.4) is 0 Å². The second-order valence-electron chi connectivity index (χ2n) is 0.924. The second-order valence-corrected chi connectivity index (χ2v) is 0.924. The van der Waals surface area contributed by atoms with Crippen LogP contribution in [0.4, 0.5) is 0 Å². The van der Waals surface area contributed by atoms with Gasteiger partial charge in [0.2, 0.25) is 0 Å². The van der Waals surface area contributed by atoms with Gasteiger partial charge in [0.05, 0.1) is 6.21 Å². The summed E-state index contributed by atoms with van der Waals surface area (Å²) in [5, 5.41) is 0. The summed E-state index contributed by atoms with van der Waals surface area (Å²) in [4.78, 5) is 3.67. The first-order valence-electron chi connectivity index (χ1n) is 1.49. The van der Waals surface area contributed by atoms with Gasteiger partial charge in [-0.05, 0) is 0 Å². The first-order chi connectivity index (χ1) is 2.43. The Labute approximate surface area is 30.5 Å². The highest BCUT2D eigenvalue weighted by Gasteiger charge is 2.07. The molecule has 0 radical (unpaired) electrons. The van der Waals surface area contributed by atoms with Crippen LogP contribution >= 0.6 is 0 Å². The summed E-state index contributed by atoms with van der Waals surface area (Å²) in [6.45, 7) is 0. The molecule has 28 valence electrons. The molecule has 0 fully saturated rings. The van der Waals surface area contributed by atoms with Crippen molar-refractivity contribution in [3.8, 4) is 0 Å². The summed E-state index contributed by atoms with van der Waals surface area (Å²) in [6, 6.07) is 0. The Bertz CT molecular complexity index is 53.9. The van der Waals surface area contributed by atoms with Gasteiger partial charge in [-0.3, -0.25) is 4.99 Å². The summed E-state index contributed by atoms with van der Waals surface area (Å²) < 4.78 is 4.64. The van der Waals surface area contributed by atoms with Crippen LogP contribution < -0.4 is 0 Å². The van der Waals surface area contributed by atoms with Gasteiger partial charge in [0.25, 0.3) is 0 Å². The van der Waals surface area contributed by atoms with Gasteiger partial charge in [-0.2, -0.15) is 0 Å². The molecular weight excluding hydrogens is 66.0 g/mol. The first kappa shape index (κ1) is 2.85. The number of hydrogen-bond donors (Lipinski definition) is 0. The van der Waals surface area contributed by atoms with E-state index in [9.17, 15) is 0 Å². The topological polar surface area (TPSA) is 21.6 Å². The second kappa shape index (κ2) is 0.792. The third-order valence-corrected chi connectivity index (χ3v) is 0.512. The van der Waals surface area contributed by atoms with Gasteiger partial charge in [-0.25, -0.2) is 0 Å². The molecule has 0 aromatic carbocycles. The third-order valence-electron chi connectivity index (χ3n) is 0.512. The highest BCUT2D eigenvalue weighted by molar-refractivity contribution is 5.75. The molecule has 0 aromatic rings. The SMILES string of the molecule is COC1C=N1. The normalized spacial score (nSPS) is 31.0. The Morgan fingerprint density at radius 1 is 2.00 bits per heavy atom. The molecule has 0 aliphatic carbocycles. The Hall–Kier alpha value is -0.370. The van der Waals surface area contributed by atoms with Gasteiger partial charge in [0.15, 0.2) is 6.23 Å². The Morgan fingerprint density at radius 3 is 2.60 bits per heavy atom. The van der Waals surface area contributed by atoms with Crippen molar-refractivity contribution in [2.45, 2.75) is 6.23 Å². The van der Waals surface area contributed by atoms with E-state index in [1.165, 1.54) is 0 Å². The maximum Gasteiger partial charge on any atom is 0.183 e. The van der Waals surface area contributed by atoms with Gasteiger partial charge < -0.3 is 4.74 Å². The number of rotatable bonds is 1. The summed E-state index contributed by atoms with van der Waals surface area (Å²) in [7, 11) is 1.64. The minimum absolute atomic E-state index is 0.134. The van der Waals surface area contributed by atoms with Crippen LogP contribution in [-0.4, -0.2) is 19.6 Å². The summed E-state index contributed by atoms with van der Waals surface area (Å²) in [6.07, 6.45) is 1.88. The fourth-order valence-corrected chi connectivity index (χ4v) is 0.157. The minimum atomic E-state index is 0.134. The van der Waals surface area contributed by atoms with Crippen molar-refractivity contribution >= 4 is 6.21 Å². The summed E-state index contributed by atoms with van der Waals surface area (Å²) in [5.74, 6) is 0. The van der Waals surface area contributed by atoms with E-state index in [4.69, 9.17) is 0 Å². The zero-order chi connectivity index (χ0) is 3.70. The molecule has 0 N–H and O–H groups in total. The van der Waals surface area contributed by atoms with Gasteiger partial charge >= 0.3 is 0 Å². The number of nitrogens with zero attached hydrogens (tertiary/aromatic N) is 1. The van der Waals surface area contributed by atoms with Crippen LogP contribution in [0.15, 0.2) is 4.99 Å². The molecule has 1 aliphatic rings. The lowest BCUT2D eigenvalue weighted by atomic mass is 10.9. The summed E-state index contributed by atoms with van der Waals surface area (Å²) in [5.41, 5.74) is 0. The smallest absolute Gasteiger partial charge is 0.183 e. The van der Waals surface area contributed by atoms with Crippen molar-refractivity contribution in [1.82, 2.24) is 0 Å². The molecule has 2 heteroatoms. The van der Waals surface area contributed by atoms with Crippen LogP contribution in [0.2, 0.25) is 0 Å². The molecule has 2 nitrogen and oxygen atoms in total. The van der Waals surface area contributed by atoms with E-state index in [1.54, 1.807) is 13.3 Å². The zero-order valence-electron chi connectivity index (χ0n) is 3.01. The maximum atomic E-state index is 4.64. The lowest BCUT2D eigenvalue weighted by Crippen LogP contribution is -1.86. The van der Waals surface area contributed by atoms with Crippen molar-refractivity contribution < 1.29 is 4.74 Å². The van der Waals surface area contributed by atoms with E-state index in [1.807, 2.05) is 0 Å². The van der Waals surface area contributed by atoms with Crippen molar-refractivity contribution in [3.63, 3.8) is 0 Å². The molecule has 0 spiro atoms. The summed E-state index contributed by atoms with van der Waals surface area (Å²) >= 11 is 0. The van der Waals surface area contributed by atoms with Crippen molar-refractivity contribution in [2.75, 3.05) is 7.11 Å². The molecule has 1 heterocycles. The standard InChI is InChI=1S/C3H5NO/c1-5-3-2-4-3/h2-3H,1H3. The van der Waals surface area contributed by atoms with Crippen LogP contribution in [0.1, 0.15) is 0 Å². The van der Waals surface area contributed by atoms with Gasteiger partial charge in [-0.1, -0.05) is 0 Å². The van der Waals surface area contributed by atoms with Crippen LogP contribution in [0.5, 0.6) is 0 Å². The van der Waals surface area contributed by atoms with E-state index < -0.39 is 0 Å². The lowest BCUT2D eigenvalue weighted by Gasteiger charge is -1.79. The maximum absolute atomic E-state index is 4.64. The number of hydrogen-bond acceptors (Lipinski definition) is 2. The van der Waals surface area contributed by atoms with E-state index in [0.29, 0.717) is 0 Å². The fraction of sp³-hybridized carbons (Fsp3) is 0.667. The average molecular weight is 71.1 g/mol. The van der Waals surface area contributed by atoms with Gasteiger partial charge in [-0.15, -0.1) is 0 Å². The predicted molar refractivity (Wildman–Crippen MR) is 19.3 cm³/mol. The number of methoxy groups -OCH3 is 1. The Balaban J connectivity index is 2.06. The van der Waals surface area contributed by atoms with E-state index in [2.05, 4.69) is 9.73 Å². The van der Waals surface area contributed by atoms with E-state index >= 15 is 0 Å². The third kappa shape index (κ3) is 0.450. The molecule has 1 rings (SSSR count). The van der Waals surface area contributed by atoms with Crippen LogP contribution in [0, 0.1) is 0 Å². The van der Waals surface area contributed by atoms with Crippen LogP contribution in [0.25, 0.3) is 0 Å². The number of ether oxygens (including phenoxy) is 1. The monoisotopic (exact) mass is 71.0 g/mol. The molecular formula is C3H5NO. The largest absolute Gasteiger partial charge is 0.355 e. The zero-order valence-corrected chi connectivity index (χ0v) is 3.01. The van der Waals surface area contributed by atoms with Crippen molar-refractivity contribution in [1.29, 1.82) is 0 Å². The van der Waals surface area contributed by atoms with E-state index in [-0.39, 0.29) is 6.23 Å². The highest BCUT2D eigenvalue weighted by Crippen LogP contribution is 1.97. The molecule has 0 aromatic heterocycles. The quantitative estimate of drug-likeness (QED) is 0.428. The lowest BCUT2D eigenvalue weighted by molar-refractivity contribution is 0.193. The number of aliphatic imine (C=N–C) groups is 1. The molecule has 1 atom stereocenters. The Morgan fingerprint density at radius 2 is 2.60 bits per heavy atom.